The average molecular weight is 466 g/mol. The SMILES string of the molecule is C1C2CC3CC1CC(C2)C3.CCOC(=O)N1C[C@@H]2CN(C(=O)c3ccc4n[nH]nc4c3)C[C@@H]2C1. The van der Waals surface area contributed by atoms with E-state index >= 15 is 0 Å². The Morgan fingerprint density at radius 3 is 1.94 bits per heavy atom. The molecule has 0 radical (unpaired) electrons. The molecule has 2 saturated heterocycles. The van der Waals surface area contributed by atoms with Crippen LogP contribution in [0.15, 0.2) is 18.2 Å². The molecule has 2 aromatic rings. The van der Waals surface area contributed by atoms with Crippen LogP contribution in [-0.2, 0) is 4.74 Å². The zero-order chi connectivity index (χ0) is 23.2. The van der Waals surface area contributed by atoms with Gasteiger partial charge in [0.15, 0.2) is 0 Å². The van der Waals surface area contributed by atoms with Crippen molar-refractivity contribution >= 4 is 23.0 Å². The Bertz CT molecular complexity index is 997. The molecule has 2 atom stereocenters. The predicted molar refractivity (Wildman–Crippen MR) is 127 cm³/mol. The average Bonchev–Trinajstić information content (AvgIpc) is 3.52. The molecule has 4 aliphatic carbocycles. The zero-order valence-electron chi connectivity index (χ0n) is 20.0. The van der Waals surface area contributed by atoms with Crippen LogP contribution in [0.2, 0.25) is 0 Å². The molecule has 1 N–H and O–H groups in total. The van der Waals surface area contributed by atoms with Crippen LogP contribution in [0.5, 0.6) is 0 Å². The number of amides is 2. The minimum Gasteiger partial charge on any atom is -0.450 e. The van der Waals surface area contributed by atoms with Crippen LogP contribution < -0.4 is 0 Å². The summed E-state index contributed by atoms with van der Waals surface area (Å²) >= 11 is 0. The van der Waals surface area contributed by atoms with Gasteiger partial charge in [0, 0.05) is 43.6 Å². The molecule has 4 bridgehead atoms. The van der Waals surface area contributed by atoms with Crippen LogP contribution in [-0.4, -0.2) is 70.0 Å². The maximum absolute atomic E-state index is 12.7. The number of hydrogen-bond acceptors (Lipinski definition) is 5. The second-order valence-electron chi connectivity index (χ2n) is 11.2. The monoisotopic (exact) mass is 465 g/mol. The van der Waals surface area contributed by atoms with Crippen molar-refractivity contribution in [3.05, 3.63) is 23.8 Å². The number of carbonyl (C=O) groups excluding carboxylic acids is 2. The van der Waals surface area contributed by atoms with E-state index in [1.54, 1.807) is 68.5 Å². The topological polar surface area (TPSA) is 91.4 Å². The molecule has 4 saturated carbocycles. The van der Waals surface area contributed by atoms with Crippen LogP contribution in [0.1, 0.15) is 55.8 Å². The minimum atomic E-state index is -0.249. The predicted octanol–water partition coefficient (Wildman–Crippen LogP) is 3.95. The molecule has 3 heterocycles. The smallest absolute Gasteiger partial charge is 0.409 e. The third-order valence-electron chi connectivity index (χ3n) is 8.86. The van der Waals surface area contributed by atoms with Crippen LogP contribution >= 0.6 is 0 Å². The lowest BCUT2D eigenvalue weighted by atomic mass is 9.56. The number of rotatable bonds is 2. The van der Waals surface area contributed by atoms with E-state index in [1.165, 1.54) is 23.7 Å². The lowest BCUT2D eigenvalue weighted by Crippen LogP contribution is -2.38. The first-order chi connectivity index (χ1) is 16.6. The number of ether oxygens (including phenoxy) is 1. The van der Waals surface area contributed by atoms with E-state index in [-0.39, 0.29) is 12.0 Å². The van der Waals surface area contributed by atoms with Gasteiger partial charge >= 0.3 is 6.09 Å². The summed E-state index contributed by atoms with van der Waals surface area (Å²) in [7, 11) is 0. The van der Waals surface area contributed by atoms with Crippen LogP contribution in [0.25, 0.3) is 11.0 Å². The van der Waals surface area contributed by atoms with E-state index in [2.05, 4.69) is 15.4 Å². The number of carbonyl (C=O) groups is 2. The number of benzene rings is 1. The fraction of sp³-hybridized carbons (Fsp3) is 0.692. The Labute approximate surface area is 200 Å². The second-order valence-corrected chi connectivity index (χ2v) is 11.2. The van der Waals surface area contributed by atoms with Crippen molar-refractivity contribution in [2.24, 2.45) is 35.5 Å². The van der Waals surface area contributed by atoms with Crippen molar-refractivity contribution in [3.63, 3.8) is 0 Å². The summed E-state index contributed by atoms with van der Waals surface area (Å²) in [6.45, 7) is 4.87. The van der Waals surface area contributed by atoms with Gasteiger partial charge in [-0.05, 0) is 87.3 Å². The molecule has 2 amide bonds. The van der Waals surface area contributed by atoms with E-state index < -0.39 is 0 Å². The maximum Gasteiger partial charge on any atom is 0.409 e. The Kier molecular flexibility index (Phi) is 5.70. The molecule has 8 nitrogen and oxygen atoms in total. The standard InChI is InChI=1S/C16H19N5O3.C10H16/c1-2-24-16(23)21-8-11-6-20(7-12(11)9-21)15(22)10-3-4-13-14(5-10)18-19-17-13;1-7-2-9-4-8(1)5-10(3-7)6-9/h3-5,11-12H,2,6-9H2,1H3,(H,17,18,19);7-10H,1-6H2/t11-,12+;. The number of H-pyrrole nitrogens is 1. The van der Waals surface area contributed by atoms with Crippen molar-refractivity contribution in [2.75, 3.05) is 32.8 Å². The molecule has 182 valence electrons. The molecule has 8 heteroatoms. The van der Waals surface area contributed by atoms with Crippen LogP contribution in [0, 0.1) is 35.5 Å². The minimum absolute atomic E-state index is 0.0111. The van der Waals surface area contributed by atoms with Gasteiger partial charge in [0.2, 0.25) is 0 Å². The van der Waals surface area contributed by atoms with Crippen LogP contribution in [0.4, 0.5) is 4.79 Å². The highest BCUT2D eigenvalue weighted by atomic mass is 16.6. The highest BCUT2D eigenvalue weighted by Crippen LogP contribution is 2.53. The second kappa shape index (κ2) is 8.86. The molecule has 2 aliphatic heterocycles. The number of hydrogen-bond donors (Lipinski definition) is 1. The number of fused-ring (bicyclic) bond motifs is 2. The summed E-state index contributed by atoms with van der Waals surface area (Å²) in [6.07, 6.45) is 9.38. The molecule has 0 spiro atoms. The van der Waals surface area contributed by atoms with Crippen molar-refractivity contribution in [1.29, 1.82) is 0 Å². The Hall–Kier alpha value is -2.64. The normalized spacial score (nSPS) is 33.1. The lowest BCUT2D eigenvalue weighted by Gasteiger charge is -2.49. The highest BCUT2D eigenvalue weighted by Gasteiger charge is 2.44. The molecule has 8 rings (SSSR count). The largest absolute Gasteiger partial charge is 0.450 e. The molecular weight excluding hydrogens is 430 g/mol. The van der Waals surface area contributed by atoms with E-state index in [0.29, 0.717) is 55.7 Å². The number of nitrogens with zero attached hydrogens (tertiary/aromatic N) is 4. The first-order valence-corrected chi connectivity index (χ1v) is 13.1. The summed E-state index contributed by atoms with van der Waals surface area (Å²) < 4.78 is 5.06. The third-order valence-corrected chi connectivity index (χ3v) is 8.86. The van der Waals surface area contributed by atoms with Gasteiger partial charge in [-0.25, -0.2) is 4.79 Å². The first-order valence-electron chi connectivity index (χ1n) is 13.1. The van der Waals surface area contributed by atoms with Gasteiger partial charge < -0.3 is 14.5 Å². The fourth-order valence-corrected chi connectivity index (χ4v) is 7.66. The number of aromatic amines is 1. The number of likely N-dealkylation sites (tertiary alicyclic amines) is 2. The lowest BCUT2D eigenvalue weighted by molar-refractivity contribution is 0.0198. The fourth-order valence-electron chi connectivity index (χ4n) is 7.66. The molecule has 1 aromatic carbocycles. The van der Waals surface area contributed by atoms with E-state index in [1.807, 2.05) is 4.90 Å². The summed E-state index contributed by atoms with van der Waals surface area (Å²) in [5, 5.41) is 10.6. The number of nitrogens with one attached hydrogen (secondary N) is 1. The summed E-state index contributed by atoms with van der Waals surface area (Å²) in [5.74, 6) is 5.38. The third kappa shape index (κ3) is 4.16. The quantitative estimate of drug-likeness (QED) is 0.725. The van der Waals surface area contributed by atoms with E-state index in [0.717, 1.165) is 5.52 Å². The van der Waals surface area contributed by atoms with Gasteiger partial charge in [-0.15, -0.1) is 0 Å². The summed E-state index contributed by atoms with van der Waals surface area (Å²) in [4.78, 5) is 28.2. The zero-order valence-corrected chi connectivity index (χ0v) is 20.0. The first kappa shape index (κ1) is 21.9. The highest BCUT2D eigenvalue weighted by molar-refractivity contribution is 5.97. The van der Waals surface area contributed by atoms with E-state index in [4.69, 9.17) is 4.74 Å². The molecule has 34 heavy (non-hydrogen) atoms. The molecule has 6 fully saturated rings. The number of aromatic nitrogens is 3. The maximum atomic E-state index is 12.7. The molecule has 0 unspecified atom stereocenters. The molecule has 6 aliphatic rings. The van der Waals surface area contributed by atoms with Gasteiger partial charge in [-0.3, -0.25) is 4.79 Å². The van der Waals surface area contributed by atoms with Gasteiger partial charge in [-0.2, -0.15) is 15.4 Å². The van der Waals surface area contributed by atoms with Crippen molar-refractivity contribution < 1.29 is 14.3 Å². The van der Waals surface area contributed by atoms with Crippen molar-refractivity contribution in [3.8, 4) is 0 Å². The van der Waals surface area contributed by atoms with Gasteiger partial charge in [0.1, 0.15) is 11.0 Å². The Balaban J connectivity index is 0.000000178. The van der Waals surface area contributed by atoms with Crippen molar-refractivity contribution in [2.45, 2.75) is 45.4 Å². The van der Waals surface area contributed by atoms with Crippen molar-refractivity contribution in [1.82, 2.24) is 25.2 Å². The van der Waals surface area contributed by atoms with Crippen LogP contribution in [0.3, 0.4) is 0 Å². The van der Waals surface area contributed by atoms with E-state index in [9.17, 15) is 9.59 Å². The Morgan fingerprint density at radius 2 is 1.38 bits per heavy atom. The van der Waals surface area contributed by atoms with Gasteiger partial charge in [0.05, 0.1) is 6.61 Å². The molecular formula is C26H35N5O3. The summed E-state index contributed by atoms with van der Waals surface area (Å²) in [6, 6.07) is 5.35. The molecule has 1 aromatic heterocycles. The summed E-state index contributed by atoms with van der Waals surface area (Å²) in [5.41, 5.74) is 2.06. The Morgan fingerprint density at radius 1 is 0.853 bits per heavy atom. The van der Waals surface area contributed by atoms with Gasteiger partial charge in [-0.1, -0.05) is 0 Å². The van der Waals surface area contributed by atoms with Gasteiger partial charge in [0.25, 0.3) is 5.91 Å².